The largest absolute Gasteiger partial charge is 0.309 e. The van der Waals surface area contributed by atoms with E-state index in [0.717, 1.165) is 29.2 Å². The third kappa shape index (κ3) is 2.98. The van der Waals surface area contributed by atoms with Crippen molar-refractivity contribution in [1.29, 1.82) is 0 Å². The van der Waals surface area contributed by atoms with E-state index >= 15 is 0 Å². The predicted molar refractivity (Wildman–Crippen MR) is 83.7 cm³/mol. The standard InChI is InChI=1S/C17H15ClN2/c18-16-6-2-1-4-15(16)12-19-11-13-7-8-17-14(10-13)5-3-9-20-17/h1-10,19H,11-12H2. The van der Waals surface area contributed by atoms with Gasteiger partial charge in [0, 0.05) is 29.7 Å². The molecule has 0 saturated carbocycles. The number of nitrogens with one attached hydrogen (secondary N) is 1. The number of nitrogens with zero attached hydrogens (tertiary/aromatic N) is 1. The molecule has 1 heterocycles. The van der Waals surface area contributed by atoms with E-state index in [2.05, 4.69) is 34.6 Å². The summed E-state index contributed by atoms with van der Waals surface area (Å²) in [7, 11) is 0. The predicted octanol–water partition coefficient (Wildman–Crippen LogP) is 4.18. The molecule has 0 aliphatic rings. The first kappa shape index (κ1) is 13.1. The smallest absolute Gasteiger partial charge is 0.0702 e. The Balaban J connectivity index is 1.67. The minimum Gasteiger partial charge on any atom is -0.309 e. The average Bonchev–Trinajstić information content (AvgIpc) is 2.49. The van der Waals surface area contributed by atoms with Crippen LogP contribution in [0, 0.1) is 0 Å². The molecule has 0 bridgehead atoms. The van der Waals surface area contributed by atoms with Gasteiger partial charge in [-0.25, -0.2) is 0 Å². The Hall–Kier alpha value is -1.90. The fourth-order valence-electron chi connectivity index (χ4n) is 2.22. The van der Waals surface area contributed by atoms with Crippen LogP contribution in [-0.4, -0.2) is 4.98 Å². The van der Waals surface area contributed by atoms with Gasteiger partial charge in [-0.2, -0.15) is 0 Å². The van der Waals surface area contributed by atoms with Crippen LogP contribution in [0.15, 0.2) is 60.8 Å². The number of benzene rings is 2. The first-order chi connectivity index (χ1) is 9.83. The molecule has 0 saturated heterocycles. The van der Waals surface area contributed by atoms with Crippen LogP contribution in [0.1, 0.15) is 11.1 Å². The van der Waals surface area contributed by atoms with Crippen LogP contribution in [0.4, 0.5) is 0 Å². The van der Waals surface area contributed by atoms with Crippen molar-refractivity contribution in [3.8, 4) is 0 Å². The van der Waals surface area contributed by atoms with Crippen LogP contribution >= 0.6 is 11.6 Å². The SMILES string of the molecule is Clc1ccccc1CNCc1ccc2ncccc2c1. The van der Waals surface area contributed by atoms with Crippen molar-refractivity contribution in [2.45, 2.75) is 13.1 Å². The van der Waals surface area contributed by atoms with Gasteiger partial charge in [0.1, 0.15) is 0 Å². The van der Waals surface area contributed by atoms with Gasteiger partial charge in [-0.3, -0.25) is 4.98 Å². The second kappa shape index (κ2) is 6.04. The molecule has 3 heteroatoms. The van der Waals surface area contributed by atoms with Gasteiger partial charge in [-0.1, -0.05) is 41.9 Å². The summed E-state index contributed by atoms with van der Waals surface area (Å²) in [6, 6.07) is 18.3. The zero-order valence-corrected chi connectivity index (χ0v) is 11.8. The Kier molecular flexibility index (Phi) is 3.95. The van der Waals surface area contributed by atoms with Gasteiger partial charge in [-0.15, -0.1) is 0 Å². The molecule has 3 aromatic rings. The molecule has 2 nitrogen and oxygen atoms in total. The maximum Gasteiger partial charge on any atom is 0.0702 e. The van der Waals surface area contributed by atoms with Crippen molar-refractivity contribution in [2.75, 3.05) is 0 Å². The monoisotopic (exact) mass is 282 g/mol. The second-order valence-corrected chi connectivity index (χ2v) is 5.13. The van der Waals surface area contributed by atoms with Gasteiger partial charge < -0.3 is 5.32 Å². The lowest BCUT2D eigenvalue weighted by Crippen LogP contribution is -2.12. The molecule has 20 heavy (non-hydrogen) atoms. The second-order valence-electron chi connectivity index (χ2n) is 4.73. The summed E-state index contributed by atoms with van der Waals surface area (Å²) >= 11 is 6.14. The van der Waals surface area contributed by atoms with E-state index in [9.17, 15) is 0 Å². The molecule has 0 fully saturated rings. The minimum atomic E-state index is 0.769. The average molecular weight is 283 g/mol. The quantitative estimate of drug-likeness (QED) is 0.776. The molecule has 0 atom stereocenters. The van der Waals surface area contributed by atoms with E-state index in [-0.39, 0.29) is 0 Å². The molecule has 0 aliphatic heterocycles. The maximum atomic E-state index is 6.14. The zero-order valence-electron chi connectivity index (χ0n) is 11.0. The lowest BCUT2D eigenvalue weighted by Gasteiger charge is -2.07. The minimum absolute atomic E-state index is 0.769. The molecule has 3 rings (SSSR count). The van der Waals surface area contributed by atoms with Crippen molar-refractivity contribution in [3.63, 3.8) is 0 Å². The molecule has 2 aromatic carbocycles. The Labute approximate surface area is 123 Å². The van der Waals surface area contributed by atoms with E-state index < -0.39 is 0 Å². The van der Waals surface area contributed by atoms with E-state index in [4.69, 9.17) is 11.6 Å². The van der Waals surface area contributed by atoms with Crippen LogP contribution in [0.5, 0.6) is 0 Å². The van der Waals surface area contributed by atoms with Gasteiger partial charge in [0.25, 0.3) is 0 Å². The molecular formula is C17H15ClN2. The van der Waals surface area contributed by atoms with Crippen LogP contribution in [0.2, 0.25) is 5.02 Å². The third-order valence-electron chi connectivity index (χ3n) is 3.27. The van der Waals surface area contributed by atoms with Gasteiger partial charge in [0.2, 0.25) is 0 Å². The lowest BCUT2D eigenvalue weighted by atomic mass is 10.1. The summed E-state index contributed by atoms with van der Waals surface area (Å²) < 4.78 is 0. The normalized spacial score (nSPS) is 10.8. The molecule has 100 valence electrons. The summed E-state index contributed by atoms with van der Waals surface area (Å²) in [6.07, 6.45) is 1.82. The highest BCUT2D eigenvalue weighted by Gasteiger charge is 2.00. The van der Waals surface area contributed by atoms with Crippen LogP contribution in [0.3, 0.4) is 0 Å². The number of hydrogen-bond acceptors (Lipinski definition) is 2. The van der Waals surface area contributed by atoms with E-state index in [1.807, 2.05) is 36.5 Å². The van der Waals surface area contributed by atoms with E-state index in [1.165, 1.54) is 10.9 Å². The fourth-order valence-corrected chi connectivity index (χ4v) is 2.42. The molecule has 0 spiro atoms. The number of fused-ring (bicyclic) bond motifs is 1. The van der Waals surface area contributed by atoms with Crippen LogP contribution in [-0.2, 0) is 13.1 Å². The summed E-state index contributed by atoms with van der Waals surface area (Å²) in [4.78, 5) is 4.32. The Morgan fingerprint density at radius 3 is 2.75 bits per heavy atom. The summed E-state index contributed by atoms with van der Waals surface area (Å²) in [5.41, 5.74) is 3.40. The van der Waals surface area contributed by atoms with Crippen molar-refractivity contribution in [3.05, 3.63) is 76.9 Å². The molecule has 1 aromatic heterocycles. The van der Waals surface area contributed by atoms with E-state index in [1.54, 1.807) is 0 Å². The van der Waals surface area contributed by atoms with Gasteiger partial charge >= 0.3 is 0 Å². The first-order valence-electron chi connectivity index (χ1n) is 6.61. The summed E-state index contributed by atoms with van der Waals surface area (Å²) in [6.45, 7) is 1.58. The molecule has 1 N–H and O–H groups in total. The van der Waals surface area contributed by atoms with Crippen molar-refractivity contribution in [1.82, 2.24) is 10.3 Å². The van der Waals surface area contributed by atoms with Crippen molar-refractivity contribution in [2.24, 2.45) is 0 Å². The number of hydrogen-bond donors (Lipinski definition) is 1. The Morgan fingerprint density at radius 2 is 1.85 bits per heavy atom. The number of halogens is 1. The van der Waals surface area contributed by atoms with Gasteiger partial charge in [-0.05, 0) is 35.4 Å². The topological polar surface area (TPSA) is 24.9 Å². The van der Waals surface area contributed by atoms with Crippen molar-refractivity contribution < 1.29 is 0 Å². The van der Waals surface area contributed by atoms with Crippen LogP contribution < -0.4 is 5.32 Å². The zero-order chi connectivity index (χ0) is 13.8. The van der Waals surface area contributed by atoms with Gasteiger partial charge in [0.05, 0.1) is 5.52 Å². The highest BCUT2D eigenvalue weighted by atomic mass is 35.5. The van der Waals surface area contributed by atoms with E-state index in [0.29, 0.717) is 0 Å². The molecule has 0 amide bonds. The molecular weight excluding hydrogens is 268 g/mol. The lowest BCUT2D eigenvalue weighted by molar-refractivity contribution is 0.694. The Bertz CT molecular complexity index is 725. The highest BCUT2D eigenvalue weighted by Crippen LogP contribution is 2.16. The third-order valence-corrected chi connectivity index (χ3v) is 3.64. The molecule has 0 aliphatic carbocycles. The molecule has 0 unspecified atom stereocenters. The molecule has 0 radical (unpaired) electrons. The summed E-state index contributed by atoms with van der Waals surface area (Å²) in [5.74, 6) is 0. The van der Waals surface area contributed by atoms with Gasteiger partial charge in [0.15, 0.2) is 0 Å². The first-order valence-corrected chi connectivity index (χ1v) is 6.98. The fraction of sp³-hybridized carbons (Fsp3) is 0.118. The maximum absolute atomic E-state index is 6.14. The Morgan fingerprint density at radius 1 is 0.950 bits per heavy atom. The summed E-state index contributed by atoms with van der Waals surface area (Å²) in [5, 5.41) is 5.40. The number of aromatic nitrogens is 1. The highest BCUT2D eigenvalue weighted by molar-refractivity contribution is 6.31. The van der Waals surface area contributed by atoms with Crippen molar-refractivity contribution >= 4 is 22.5 Å². The van der Waals surface area contributed by atoms with Crippen LogP contribution in [0.25, 0.3) is 10.9 Å². The number of rotatable bonds is 4. The number of pyridine rings is 1.